The summed E-state index contributed by atoms with van der Waals surface area (Å²) in [5.74, 6) is -0.230. The predicted octanol–water partition coefficient (Wildman–Crippen LogP) is 1.58. The highest BCUT2D eigenvalue weighted by Gasteiger charge is 2.12. The highest BCUT2D eigenvalue weighted by molar-refractivity contribution is 5.94. The van der Waals surface area contributed by atoms with E-state index >= 15 is 0 Å². The van der Waals surface area contributed by atoms with E-state index in [9.17, 15) is 4.79 Å². The van der Waals surface area contributed by atoms with Crippen molar-refractivity contribution in [2.24, 2.45) is 5.73 Å². The van der Waals surface area contributed by atoms with Crippen molar-refractivity contribution in [3.05, 3.63) is 29.8 Å². The number of aryl methyl sites for hydroxylation is 1. The van der Waals surface area contributed by atoms with Crippen LogP contribution in [0.2, 0.25) is 0 Å². The Morgan fingerprint density at radius 3 is 2.47 bits per heavy atom. The molecule has 0 saturated carbocycles. The fourth-order valence-corrected chi connectivity index (χ4v) is 1.31. The SMILES string of the molecule is CCc1ccc(NC(=O)C(N)COC)cc1.Cl. The maximum atomic E-state index is 11.5. The molecule has 1 aromatic carbocycles. The van der Waals surface area contributed by atoms with Crippen LogP contribution in [0.4, 0.5) is 5.69 Å². The minimum Gasteiger partial charge on any atom is -0.383 e. The van der Waals surface area contributed by atoms with Gasteiger partial charge < -0.3 is 15.8 Å². The molecule has 3 N–H and O–H groups in total. The molecule has 1 unspecified atom stereocenters. The number of anilines is 1. The first-order valence-corrected chi connectivity index (χ1v) is 5.31. The highest BCUT2D eigenvalue weighted by atomic mass is 35.5. The Morgan fingerprint density at radius 1 is 1.41 bits per heavy atom. The molecular weight excluding hydrogens is 240 g/mol. The number of methoxy groups -OCH3 is 1. The zero-order valence-corrected chi connectivity index (χ0v) is 10.9. The van der Waals surface area contributed by atoms with Gasteiger partial charge in [0.2, 0.25) is 5.91 Å². The van der Waals surface area contributed by atoms with Crippen molar-refractivity contribution in [2.75, 3.05) is 19.0 Å². The van der Waals surface area contributed by atoms with Crippen LogP contribution in [-0.4, -0.2) is 25.7 Å². The standard InChI is InChI=1S/C12H18N2O2.ClH/c1-3-9-4-6-10(7-5-9)14-12(15)11(13)8-16-2;/h4-7,11H,3,8,13H2,1-2H3,(H,14,15);1H. The van der Waals surface area contributed by atoms with Crippen molar-refractivity contribution in [1.29, 1.82) is 0 Å². The van der Waals surface area contributed by atoms with E-state index in [2.05, 4.69) is 12.2 Å². The number of hydrogen-bond donors (Lipinski definition) is 2. The summed E-state index contributed by atoms with van der Waals surface area (Å²) in [6, 6.07) is 7.08. The van der Waals surface area contributed by atoms with Gasteiger partial charge in [0.05, 0.1) is 6.61 Å². The number of carbonyl (C=O) groups is 1. The quantitative estimate of drug-likeness (QED) is 0.843. The molecule has 1 aromatic rings. The van der Waals surface area contributed by atoms with Crippen molar-refractivity contribution in [3.63, 3.8) is 0 Å². The van der Waals surface area contributed by atoms with E-state index < -0.39 is 6.04 Å². The molecule has 0 aliphatic heterocycles. The summed E-state index contributed by atoms with van der Waals surface area (Å²) < 4.78 is 4.81. The van der Waals surface area contributed by atoms with Crippen LogP contribution < -0.4 is 11.1 Å². The number of nitrogens with one attached hydrogen (secondary N) is 1. The minimum absolute atomic E-state index is 0. The van der Waals surface area contributed by atoms with Crippen LogP contribution in [-0.2, 0) is 16.0 Å². The molecule has 1 rings (SSSR count). The normalized spacial score (nSPS) is 11.5. The average Bonchev–Trinajstić information content (AvgIpc) is 2.30. The van der Waals surface area contributed by atoms with Crippen LogP contribution >= 0.6 is 12.4 Å². The third-order valence-corrected chi connectivity index (χ3v) is 2.31. The monoisotopic (exact) mass is 258 g/mol. The fourth-order valence-electron chi connectivity index (χ4n) is 1.31. The first-order chi connectivity index (χ1) is 7.67. The van der Waals surface area contributed by atoms with E-state index in [4.69, 9.17) is 10.5 Å². The van der Waals surface area contributed by atoms with Crippen LogP contribution in [0.25, 0.3) is 0 Å². The largest absolute Gasteiger partial charge is 0.383 e. The zero-order valence-electron chi connectivity index (χ0n) is 10.1. The molecule has 5 heteroatoms. The third kappa shape index (κ3) is 5.17. The minimum atomic E-state index is -0.629. The molecule has 1 amide bonds. The second-order valence-electron chi connectivity index (χ2n) is 3.60. The molecular formula is C12H19ClN2O2. The molecule has 0 bridgehead atoms. The lowest BCUT2D eigenvalue weighted by Crippen LogP contribution is -2.39. The van der Waals surface area contributed by atoms with Gasteiger partial charge in [-0.25, -0.2) is 0 Å². The summed E-state index contributed by atoms with van der Waals surface area (Å²) in [7, 11) is 1.52. The number of nitrogens with two attached hydrogens (primary N) is 1. The van der Waals surface area contributed by atoms with Crippen LogP contribution in [0.5, 0.6) is 0 Å². The molecule has 96 valence electrons. The molecule has 0 aliphatic rings. The van der Waals surface area contributed by atoms with Crippen molar-refractivity contribution >= 4 is 24.0 Å². The van der Waals surface area contributed by atoms with E-state index in [1.54, 1.807) is 0 Å². The molecule has 1 atom stereocenters. The number of hydrogen-bond acceptors (Lipinski definition) is 3. The molecule has 0 aliphatic carbocycles. The molecule has 0 spiro atoms. The summed E-state index contributed by atoms with van der Waals surface area (Å²) in [5.41, 5.74) is 7.59. The number of halogens is 1. The second-order valence-corrected chi connectivity index (χ2v) is 3.60. The van der Waals surface area contributed by atoms with Crippen molar-refractivity contribution < 1.29 is 9.53 Å². The van der Waals surface area contributed by atoms with Crippen molar-refractivity contribution in [2.45, 2.75) is 19.4 Å². The van der Waals surface area contributed by atoms with E-state index in [1.807, 2.05) is 24.3 Å². The number of ether oxygens (including phenoxy) is 1. The number of benzene rings is 1. The summed E-state index contributed by atoms with van der Waals surface area (Å²) in [5, 5.41) is 2.73. The van der Waals surface area contributed by atoms with E-state index in [1.165, 1.54) is 12.7 Å². The molecule has 0 fully saturated rings. The molecule has 0 radical (unpaired) electrons. The summed E-state index contributed by atoms with van der Waals surface area (Å²) >= 11 is 0. The average molecular weight is 259 g/mol. The fraction of sp³-hybridized carbons (Fsp3) is 0.417. The molecule has 0 heterocycles. The molecule has 17 heavy (non-hydrogen) atoms. The lowest BCUT2D eigenvalue weighted by Gasteiger charge is -2.11. The maximum absolute atomic E-state index is 11.5. The Morgan fingerprint density at radius 2 is 2.00 bits per heavy atom. The molecule has 0 aromatic heterocycles. The summed E-state index contributed by atoms with van der Waals surface area (Å²) in [6.07, 6.45) is 0.984. The number of amides is 1. The summed E-state index contributed by atoms with van der Waals surface area (Å²) in [4.78, 5) is 11.5. The Bertz CT molecular complexity index is 341. The lowest BCUT2D eigenvalue weighted by atomic mass is 10.1. The number of carbonyl (C=O) groups excluding carboxylic acids is 1. The predicted molar refractivity (Wildman–Crippen MR) is 71.5 cm³/mol. The van der Waals surface area contributed by atoms with Gasteiger partial charge in [0.15, 0.2) is 0 Å². The Kier molecular flexibility index (Phi) is 7.54. The Hall–Kier alpha value is -1.10. The van der Waals surface area contributed by atoms with Gasteiger partial charge in [-0.2, -0.15) is 0 Å². The van der Waals surface area contributed by atoms with Crippen LogP contribution in [0.1, 0.15) is 12.5 Å². The maximum Gasteiger partial charge on any atom is 0.243 e. The first-order valence-electron chi connectivity index (χ1n) is 5.31. The van der Waals surface area contributed by atoms with Gasteiger partial charge in [0.1, 0.15) is 6.04 Å². The van der Waals surface area contributed by atoms with E-state index in [0.29, 0.717) is 0 Å². The van der Waals surface area contributed by atoms with Gasteiger partial charge in [-0.3, -0.25) is 4.79 Å². The van der Waals surface area contributed by atoms with Gasteiger partial charge in [0, 0.05) is 12.8 Å². The van der Waals surface area contributed by atoms with Gasteiger partial charge in [0.25, 0.3) is 0 Å². The second kappa shape index (κ2) is 8.06. The zero-order chi connectivity index (χ0) is 12.0. The van der Waals surface area contributed by atoms with Crippen molar-refractivity contribution in [3.8, 4) is 0 Å². The van der Waals surface area contributed by atoms with E-state index in [-0.39, 0.29) is 24.9 Å². The van der Waals surface area contributed by atoms with E-state index in [0.717, 1.165) is 12.1 Å². The molecule has 4 nitrogen and oxygen atoms in total. The third-order valence-electron chi connectivity index (χ3n) is 2.31. The Balaban J connectivity index is 0.00000256. The number of rotatable bonds is 5. The Labute approximate surface area is 108 Å². The van der Waals surface area contributed by atoms with Crippen LogP contribution in [0.3, 0.4) is 0 Å². The van der Waals surface area contributed by atoms with Gasteiger partial charge >= 0.3 is 0 Å². The van der Waals surface area contributed by atoms with Gasteiger partial charge in [-0.05, 0) is 24.1 Å². The van der Waals surface area contributed by atoms with Gasteiger partial charge in [-0.1, -0.05) is 19.1 Å². The summed E-state index contributed by atoms with van der Waals surface area (Å²) in [6.45, 7) is 2.31. The topological polar surface area (TPSA) is 64.4 Å². The lowest BCUT2D eigenvalue weighted by molar-refractivity contribution is -0.118. The smallest absolute Gasteiger partial charge is 0.243 e. The van der Waals surface area contributed by atoms with Crippen molar-refractivity contribution in [1.82, 2.24) is 0 Å². The highest BCUT2D eigenvalue weighted by Crippen LogP contribution is 2.10. The van der Waals surface area contributed by atoms with Gasteiger partial charge in [-0.15, -0.1) is 12.4 Å². The first kappa shape index (κ1) is 15.9. The van der Waals surface area contributed by atoms with Crippen LogP contribution in [0.15, 0.2) is 24.3 Å². The molecule has 0 saturated heterocycles. The van der Waals surface area contributed by atoms with Crippen LogP contribution in [0, 0.1) is 0 Å².